The molecule has 47 heavy (non-hydrogen) atoms. The Labute approximate surface area is 283 Å². The average molecular weight is 653 g/mol. The number of hydrogen-bond acceptors (Lipinski definition) is 5. The Bertz CT molecular complexity index is 1250. The zero-order chi connectivity index (χ0) is 33.4. The van der Waals surface area contributed by atoms with E-state index >= 15 is 0 Å². The minimum Gasteiger partial charge on any atom is -0.393 e. The molecule has 7 fully saturated rings. The predicted molar refractivity (Wildman–Crippen MR) is 187 cm³/mol. The van der Waals surface area contributed by atoms with E-state index in [2.05, 4.69) is 34.5 Å². The Morgan fingerprint density at radius 2 is 1.55 bits per heavy atom. The molecule has 6 aliphatic carbocycles. The summed E-state index contributed by atoms with van der Waals surface area (Å²) in [4.78, 5) is 8.28. The van der Waals surface area contributed by atoms with Crippen LogP contribution < -0.4 is 22.1 Å². The number of nitrogens with zero attached hydrogens (tertiary/aromatic N) is 2. The van der Waals surface area contributed by atoms with Crippen LogP contribution in [0.1, 0.15) is 117 Å². The van der Waals surface area contributed by atoms with Crippen LogP contribution in [0.15, 0.2) is 22.1 Å². The monoisotopic (exact) mass is 653 g/mol. The van der Waals surface area contributed by atoms with Crippen molar-refractivity contribution in [1.82, 2.24) is 10.6 Å². The molecule has 9 heteroatoms. The summed E-state index contributed by atoms with van der Waals surface area (Å²) < 4.78 is 6.78. The van der Waals surface area contributed by atoms with Crippen molar-refractivity contribution in [2.45, 2.75) is 146 Å². The van der Waals surface area contributed by atoms with Crippen molar-refractivity contribution in [2.24, 2.45) is 73.7 Å². The van der Waals surface area contributed by atoms with Gasteiger partial charge in [0.25, 0.3) is 0 Å². The maximum atomic E-state index is 11.7. The maximum absolute atomic E-state index is 11.7. The highest BCUT2D eigenvalue weighted by atomic mass is 16.6. The second kappa shape index (κ2) is 12.2. The highest BCUT2D eigenvalue weighted by Crippen LogP contribution is 2.69. The van der Waals surface area contributed by atoms with Gasteiger partial charge in [-0.1, -0.05) is 19.1 Å². The van der Waals surface area contributed by atoms with Crippen molar-refractivity contribution in [1.29, 1.82) is 0 Å². The van der Waals surface area contributed by atoms with Gasteiger partial charge in [0.15, 0.2) is 11.9 Å². The van der Waals surface area contributed by atoms with E-state index in [1.165, 1.54) is 50.5 Å². The number of aliphatic hydroxyl groups excluding tert-OH is 1. The molecular formula is C38H64N6O3. The standard InChI is InChI=1S/C38H64N6O3/c1-22-17-37(15-12-25(18-37)24-7-8-26-10-11-28(45)20-38(26,46)19-24)32-36(3,47-32)14-13-30-29(22)21-35(30,2)27-9-6-23(16-27)31(43-33(39)41-4)44-34(40)42-5/h23-32,45-46H,1,6-21H2,2-5H3,(H3,39,41,43)(H3,40,42,44)/t23-,24+,25+,26-,27+,28-,29+,30+,32+,35+,36+,37+,38+/m0/s1. The normalized spacial score (nSPS) is 50.7. The molecule has 0 unspecified atom stereocenters. The number of allylic oxidation sites excluding steroid dienone is 1. The van der Waals surface area contributed by atoms with Crippen molar-refractivity contribution in [3.05, 3.63) is 12.2 Å². The van der Waals surface area contributed by atoms with E-state index in [4.69, 9.17) is 22.8 Å². The predicted octanol–water partition coefficient (Wildman–Crippen LogP) is 4.82. The van der Waals surface area contributed by atoms with E-state index in [9.17, 15) is 10.2 Å². The number of aliphatic hydroxyl groups is 2. The fourth-order valence-electron chi connectivity index (χ4n) is 12.8. The number of aliphatic imine (C=N–C) groups is 2. The van der Waals surface area contributed by atoms with Gasteiger partial charge in [0.05, 0.1) is 23.4 Å². The molecule has 9 nitrogen and oxygen atoms in total. The summed E-state index contributed by atoms with van der Waals surface area (Å²) in [6.45, 7) is 9.84. The zero-order valence-electron chi connectivity index (χ0n) is 29.6. The summed E-state index contributed by atoms with van der Waals surface area (Å²) in [5.41, 5.74) is 13.5. The number of rotatable bonds is 5. The minimum atomic E-state index is -0.662. The van der Waals surface area contributed by atoms with E-state index in [1.54, 1.807) is 14.1 Å². The third-order valence-electron chi connectivity index (χ3n) is 15.5. The number of fused-ring (bicyclic) bond motifs is 4. The number of nitrogens with two attached hydrogens (primary N) is 2. The van der Waals surface area contributed by atoms with Crippen molar-refractivity contribution >= 4 is 11.9 Å². The first-order valence-electron chi connectivity index (χ1n) is 19.0. The number of hydrogen-bond donors (Lipinski definition) is 6. The molecule has 1 spiro atoms. The van der Waals surface area contributed by atoms with Gasteiger partial charge in [0, 0.05) is 25.9 Å². The Morgan fingerprint density at radius 3 is 2.28 bits per heavy atom. The van der Waals surface area contributed by atoms with Crippen LogP contribution in [0.5, 0.6) is 0 Å². The van der Waals surface area contributed by atoms with Crippen LogP contribution in [-0.2, 0) is 4.74 Å². The first kappa shape index (κ1) is 33.6. The van der Waals surface area contributed by atoms with E-state index in [0.717, 1.165) is 51.4 Å². The fraction of sp³-hybridized carbons (Fsp3) is 0.895. The number of nitrogens with one attached hydrogen (secondary N) is 2. The molecule has 0 bridgehead atoms. The SMILES string of the molecule is C=C1C[C@@]2(CC[C@@H]([C@@H]3CC[C@H]4CC[C@H](O)C[C@]4(O)C3)C2)[C@@H]2O[C@]2(C)CC[C@@H]2[C@@H]1C[C@]2(C)[C@@H]1CC[C@H](C(NC(N)=NC)NC(N)=NC)C1. The van der Waals surface area contributed by atoms with E-state index in [0.29, 0.717) is 71.3 Å². The molecule has 0 amide bonds. The maximum Gasteiger partial charge on any atom is 0.189 e. The van der Waals surface area contributed by atoms with Crippen LogP contribution in [0.3, 0.4) is 0 Å². The molecule has 7 aliphatic rings. The molecule has 0 radical (unpaired) electrons. The number of ether oxygens (including phenoxy) is 1. The van der Waals surface area contributed by atoms with Crippen LogP contribution in [0.25, 0.3) is 0 Å². The van der Waals surface area contributed by atoms with Gasteiger partial charge in [-0.3, -0.25) is 9.98 Å². The molecule has 1 saturated heterocycles. The fourth-order valence-corrected chi connectivity index (χ4v) is 12.8. The summed E-state index contributed by atoms with van der Waals surface area (Å²) in [6, 6.07) is 0. The smallest absolute Gasteiger partial charge is 0.189 e. The summed E-state index contributed by atoms with van der Waals surface area (Å²) in [5.74, 6) is 4.73. The highest BCUT2D eigenvalue weighted by molar-refractivity contribution is 5.81. The van der Waals surface area contributed by atoms with Gasteiger partial charge in [-0.25, -0.2) is 0 Å². The van der Waals surface area contributed by atoms with Crippen LogP contribution in [0.4, 0.5) is 0 Å². The molecule has 1 heterocycles. The number of epoxide rings is 1. The molecule has 13 atom stereocenters. The lowest BCUT2D eigenvalue weighted by Gasteiger charge is -2.58. The van der Waals surface area contributed by atoms with E-state index in [1.807, 2.05) is 0 Å². The highest BCUT2D eigenvalue weighted by Gasteiger charge is 2.67. The van der Waals surface area contributed by atoms with Crippen molar-refractivity contribution in [3.8, 4) is 0 Å². The lowest BCUT2D eigenvalue weighted by atomic mass is 9.46. The van der Waals surface area contributed by atoms with E-state index < -0.39 is 5.60 Å². The molecule has 7 rings (SSSR count). The van der Waals surface area contributed by atoms with Gasteiger partial charge in [0.1, 0.15) is 6.17 Å². The van der Waals surface area contributed by atoms with Crippen LogP contribution in [0, 0.1) is 52.3 Å². The lowest BCUT2D eigenvalue weighted by molar-refractivity contribution is -0.127. The Morgan fingerprint density at radius 1 is 0.872 bits per heavy atom. The van der Waals surface area contributed by atoms with Crippen molar-refractivity contribution < 1.29 is 14.9 Å². The topological polar surface area (TPSA) is 154 Å². The van der Waals surface area contributed by atoms with Crippen LogP contribution >= 0.6 is 0 Å². The molecule has 0 aromatic rings. The summed E-state index contributed by atoms with van der Waals surface area (Å²) in [6.07, 6.45) is 17.5. The third kappa shape index (κ3) is 5.92. The molecule has 6 saturated carbocycles. The van der Waals surface area contributed by atoms with Gasteiger partial charge >= 0.3 is 0 Å². The minimum absolute atomic E-state index is 0.0188. The Kier molecular flexibility index (Phi) is 8.72. The second-order valence-corrected chi connectivity index (χ2v) is 18.0. The summed E-state index contributed by atoms with van der Waals surface area (Å²) >= 11 is 0. The van der Waals surface area contributed by atoms with Gasteiger partial charge < -0.3 is 37.1 Å². The average Bonchev–Trinajstić information content (AvgIpc) is 3.35. The molecule has 0 aromatic heterocycles. The summed E-state index contributed by atoms with van der Waals surface area (Å²) in [5, 5.41) is 28.8. The molecule has 1 aliphatic heterocycles. The Balaban J connectivity index is 1.03. The van der Waals surface area contributed by atoms with E-state index in [-0.39, 0.29) is 23.3 Å². The van der Waals surface area contributed by atoms with Gasteiger partial charge in [0.2, 0.25) is 0 Å². The van der Waals surface area contributed by atoms with Gasteiger partial charge in [-0.2, -0.15) is 0 Å². The van der Waals surface area contributed by atoms with Gasteiger partial charge in [-0.15, -0.1) is 0 Å². The lowest BCUT2D eigenvalue weighted by Crippen LogP contribution is -2.56. The molecule has 0 aromatic carbocycles. The first-order valence-corrected chi connectivity index (χ1v) is 19.0. The van der Waals surface area contributed by atoms with Gasteiger partial charge in [-0.05, 0) is 150 Å². The summed E-state index contributed by atoms with van der Waals surface area (Å²) in [7, 11) is 3.41. The molecule has 8 N–H and O–H groups in total. The quantitative estimate of drug-likeness (QED) is 0.0819. The second-order valence-electron chi connectivity index (χ2n) is 18.0. The Hall–Kier alpha value is -1.84. The molecular weight excluding hydrogens is 588 g/mol. The zero-order valence-corrected chi connectivity index (χ0v) is 29.6. The molecule has 264 valence electrons. The third-order valence-corrected chi connectivity index (χ3v) is 15.5. The first-order chi connectivity index (χ1) is 22.3. The number of guanidine groups is 2. The van der Waals surface area contributed by atoms with Crippen molar-refractivity contribution in [2.75, 3.05) is 14.1 Å². The van der Waals surface area contributed by atoms with Crippen molar-refractivity contribution in [3.63, 3.8) is 0 Å². The van der Waals surface area contributed by atoms with Crippen LogP contribution in [0.2, 0.25) is 0 Å². The van der Waals surface area contributed by atoms with Crippen LogP contribution in [-0.4, -0.2) is 65.8 Å². The largest absolute Gasteiger partial charge is 0.393 e.